The first-order valence-corrected chi connectivity index (χ1v) is 3.15. The fourth-order valence-corrected chi connectivity index (χ4v) is 0.843. The van der Waals surface area contributed by atoms with Crippen LogP contribution in [0.5, 0.6) is 0 Å². The van der Waals surface area contributed by atoms with Crippen LogP contribution in [-0.4, -0.2) is 9.78 Å². The first-order chi connectivity index (χ1) is 4.74. The maximum absolute atomic E-state index is 5.44. The predicted molar refractivity (Wildman–Crippen MR) is 41.6 cm³/mol. The van der Waals surface area contributed by atoms with Crippen LogP contribution in [0.25, 0.3) is 0 Å². The van der Waals surface area contributed by atoms with E-state index < -0.39 is 0 Å². The summed E-state index contributed by atoms with van der Waals surface area (Å²) in [5.74, 6) is 0.569. The second-order valence-corrected chi connectivity index (χ2v) is 2.18. The van der Waals surface area contributed by atoms with E-state index in [-0.39, 0.29) is 0 Å². The number of nitrogens with zero attached hydrogens (tertiary/aromatic N) is 2. The molecule has 0 saturated carbocycles. The van der Waals surface area contributed by atoms with Gasteiger partial charge in [-0.2, -0.15) is 5.10 Å². The van der Waals surface area contributed by atoms with Crippen LogP contribution in [0.2, 0.25) is 0 Å². The predicted octanol–water partition coefficient (Wildman–Crippen LogP) is 0.960. The van der Waals surface area contributed by atoms with Crippen LogP contribution in [0.3, 0.4) is 0 Å². The molecule has 0 saturated heterocycles. The summed E-state index contributed by atoms with van der Waals surface area (Å²) in [5, 5.41) is 4.02. The van der Waals surface area contributed by atoms with Gasteiger partial charge < -0.3 is 5.73 Å². The molecule has 3 nitrogen and oxygen atoms in total. The van der Waals surface area contributed by atoms with E-state index in [0.717, 1.165) is 12.2 Å². The van der Waals surface area contributed by atoms with Crippen LogP contribution in [0.1, 0.15) is 5.69 Å². The number of hydrogen-bond donors (Lipinski definition) is 1. The molecule has 0 aromatic carbocycles. The molecule has 10 heavy (non-hydrogen) atoms. The molecule has 0 aliphatic carbocycles. The first-order valence-electron chi connectivity index (χ1n) is 3.15. The van der Waals surface area contributed by atoms with E-state index >= 15 is 0 Å². The zero-order valence-corrected chi connectivity index (χ0v) is 6.04. The highest BCUT2D eigenvalue weighted by Gasteiger charge is 1.96. The normalized spacial score (nSPS) is 9.70. The Balaban J connectivity index is 2.91. The molecule has 3 heteroatoms. The van der Waals surface area contributed by atoms with E-state index in [1.54, 1.807) is 6.08 Å². The van der Waals surface area contributed by atoms with E-state index in [9.17, 15) is 0 Å². The number of nitrogen functional groups attached to an aromatic ring is 1. The van der Waals surface area contributed by atoms with Crippen LogP contribution in [0.4, 0.5) is 5.82 Å². The number of hydrogen-bond acceptors (Lipinski definition) is 2. The van der Waals surface area contributed by atoms with Crippen molar-refractivity contribution in [3.8, 4) is 0 Å². The molecule has 0 aliphatic rings. The van der Waals surface area contributed by atoms with Crippen LogP contribution < -0.4 is 5.73 Å². The average Bonchev–Trinajstić information content (AvgIpc) is 2.13. The SMILES string of the molecule is C=CCn1nc(N)cc1C. The second kappa shape index (κ2) is 2.56. The lowest BCUT2D eigenvalue weighted by atomic mass is 10.4. The number of rotatable bonds is 2. The van der Waals surface area contributed by atoms with Gasteiger partial charge in [0.2, 0.25) is 0 Å². The van der Waals surface area contributed by atoms with Crippen molar-refractivity contribution in [1.29, 1.82) is 0 Å². The topological polar surface area (TPSA) is 43.8 Å². The molecule has 0 aliphatic heterocycles. The molecule has 0 amide bonds. The van der Waals surface area contributed by atoms with E-state index in [1.165, 1.54) is 0 Å². The van der Waals surface area contributed by atoms with Crippen LogP contribution in [0, 0.1) is 6.92 Å². The Morgan fingerprint density at radius 3 is 3.00 bits per heavy atom. The Morgan fingerprint density at radius 2 is 2.60 bits per heavy atom. The largest absolute Gasteiger partial charge is 0.382 e. The molecule has 0 spiro atoms. The van der Waals surface area contributed by atoms with Crippen LogP contribution in [-0.2, 0) is 6.54 Å². The zero-order chi connectivity index (χ0) is 7.56. The van der Waals surface area contributed by atoms with Gasteiger partial charge in [0.15, 0.2) is 0 Å². The number of aryl methyl sites for hydroxylation is 1. The monoisotopic (exact) mass is 137 g/mol. The van der Waals surface area contributed by atoms with Crippen LogP contribution in [0.15, 0.2) is 18.7 Å². The lowest BCUT2D eigenvalue weighted by Gasteiger charge is -1.96. The smallest absolute Gasteiger partial charge is 0.145 e. The summed E-state index contributed by atoms with van der Waals surface area (Å²) in [7, 11) is 0. The van der Waals surface area contributed by atoms with Gasteiger partial charge in [-0.15, -0.1) is 6.58 Å². The third-order valence-corrected chi connectivity index (χ3v) is 1.30. The minimum absolute atomic E-state index is 0.569. The Morgan fingerprint density at radius 1 is 1.90 bits per heavy atom. The molecule has 54 valence electrons. The Kier molecular flexibility index (Phi) is 1.76. The zero-order valence-electron chi connectivity index (χ0n) is 6.04. The Bertz CT molecular complexity index is 237. The third kappa shape index (κ3) is 1.18. The number of anilines is 1. The summed E-state index contributed by atoms with van der Waals surface area (Å²) in [4.78, 5) is 0. The van der Waals surface area contributed by atoms with Crippen LogP contribution >= 0.6 is 0 Å². The van der Waals surface area contributed by atoms with Gasteiger partial charge in [0.1, 0.15) is 5.82 Å². The van der Waals surface area contributed by atoms with Crippen molar-refractivity contribution in [2.24, 2.45) is 0 Å². The van der Waals surface area contributed by atoms with Crippen molar-refractivity contribution in [2.75, 3.05) is 5.73 Å². The number of aromatic nitrogens is 2. The van der Waals surface area contributed by atoms with E-state index in [4.69, 9.17) is 5.73 Å². The standard InChI is InChI=1S/C7H11N3/c1-3-4-10-6(2)5-7(8)9-10/h3,5H,1,4H2,2H3,(H2,8,9). The average molecular weight is 137 g/mol. The second-order valence-electron chi connectivity index (χ2n) is 2.18. The molecule has 1 aromatic heterocycles. The summed E-state index contributed by atoms with van der Waals surface area (Å²) >= 11 is 0. The van der Waals surface area contributed by atoms with Gasteiger partial charge in [0.05, 0.1) is 6.54 Å². The molecule has 0 fully saturated rings. The molecule has 2 N–H and O–H groups in total. The highest BCUT2D eigenvalue weighted by Crippen LogP contribution is 2.03. The molecule has 1 rings (SSSR count). The van der Waals surface area contributed by atoms with Crippen molar-refractivity contribution in [2.45, 2.75) is 13.5 Å². The summed E-state index contributed by atoms with van der Waals surface area (Å²) in [6.45, 7) is 6.30. The molecule has 1 aromatic rings. The summed E-state index contributed by atoms with van der Waals surface area (Å²) in [6, 6.07) is 1.84. The molecular formula is C7H11N3. The fourth-order valence-electron chi connectivity index (χ4n) is 0.843. The van der Waals surface area contributed by atoms with Gasteiger partial charge in [0, 0.05) is 11.8 Å². The van der Waals surface area contributed by atoms with E-state index in [2.05, 4.69) is 11.7 Å². The minimum Gasteiger partial charge on any atom is -0.382 e. The quantitative estimate of drug-likeness (QED) is 0.617. The molecule has 0 bridgehead atoms. The van der Waals surface area contributed by atoms with Crippen molar-refractivity contribution in [3.63, 3.8) is 0 Å². The highest BCUT2D eigenvalue weighted by molar-refractivity contribution is 5.28. The third-order valence-electron chi connectivity index (χ3n) is 1.30. The van der Waals surface area contributed by atoms with Crippen molar-refractivity contribution < 1.29 is 0 Å². The fraction of sp³-hybridized carbons (Fsp3) is 0.286. The van der Waals surface area contributed by atoms with Gasteiger partial charge in [-0.1, -0.05) is 6.08 Å². The van der Waals surface area contributed by atoms with Gasteiger partial charge in [0.25, 0.3) is 0 Å². The van der Waals surface area contributed by atoms with Gasteiger partial charge in [-0.3, -0.25) is 4.68 Å². The maximum atomic E-state index is 5.44. The minimum atomic E-state index is 0.569. The molecular weight excluding hydrogens is 126 g/mol. The number of allylic oxidation sites excluding steroid dienone is 1. The van der Waals surface area contributed by atoms with Crippen molar-refractivity contribution in [1.82, 2.24) is 9.78 Å². The van der Waals surface area contributed by atoms with Crippen molar-refractivity contribution in [3.05, 3.63) is 24.4 Å². The van der Waals surface area contributed by atoms with E-state index in [0.29, 0.717) is 5.82 Å². The van der Waals surface area contributed by atoms with Crippen molar-refractivity contribution >= 4 is 5.82 Å². The van der Waals surface area contributed by atoms with Gasteiger partial charge in [-0.25, -0.2) is 0 Å². The van der Waals surface area contributed by atoms with Gasteiger partial charge in [-0.05, 0) is 6.92 Å². The first kappa shape index (κ1) is 6.86. The Hall–Kier alpha value is -1.25. The lowest BCUT2D eigenvalue weighted by molar-refractivity contribution is 0.683. The highest BCUT2D eigenvalue weighted by atomic mass is 15.3. The maximum Gasteiger partial charge on any atom is 0.145 e. The van der Waals surface area contributed by atoms with E-state index in [1.807, 2.05) is 17.7 Å². The lowest BCUT2D eigenvalue weighted by Crippen LogP contribution is -1.99. The summed E-state index contributed by atoms with van der Waals surface area (Å²) in [6.07, 6.45) is 1.79. The number of nitrogens with two attached hydrogens (primary N) is 1. The molecule has 0 radical (unpaired) electrons. The Labute approximate surface area is 60.1 Å². The molecule has 1 heterocycles. The molecule has 0 unspecified atom stereocenters. The van der Waals surface area contributed by atoms with Gasteiger partial charge >= 0.3 is 0 Å². The summed E-state index contributed by atoms with van der Waals surface area (Å²) < 4.78 is 1.81. The summed E-state index contributed by atoms with van der Waals surface area (Å²) in [5.41, 5.74) is 6.51. The molecule has 0 atom stereocenters.